The third-order valence-corrected chi connectivity index (χ3v) is 3.73. The van der Waals surface area contributed by atoms with Crippen LogP contribution in [0.2, 0.25) is 0 Å². The molecule has 1 rings (SSSR count). The van der Waals surface area contributed by atoms with E-state index in [9.17, 15) is 4.79 Å². The van der Waals surface area contributed by atoms with Gasteiger partial charge in [-0.25, -0.2) is 4.79 Å². The number of guanidine groups is 1. The first kappa shape index (κ1) is 19.5. The van der Waals surface area contributed by atoms with Crippen LogP contribution in [0.5, 0.6) is 0 Å². The number of aliphatic imine (C=N–C) groups is 1. The Morgan fingerprint density at radius 2 is 2.04 bits per heavy atom. The van der Waals surface area contributed by atoms with Crippen molar-refractivity contribution in [3.63, 3.8) is 0 Å². The molecule has 1 amide bonds. The summed E-state index contributed by atoms with van der Waals surface area (Å²) in [6.45, 7) is 9.88. The normalized spacial score (nSPS) is 16.7. The molecule has 1 aliphatic rings. The van der Waals surface area contributed by atoms with Crippen molar-refractivity contribution in [2.24, 2.45) is 16.6 Å². The highest BCUT2D eigenvalue weighted by Gasteiger charge is 2.23. The Labute approximate surface area is 139 Å². The van der Waals surface area contributed by atoms with E-state index in [4.69, 9.17) is 15.2 Å². The number of rotatable bonds is 8. The molecule has 7 heteroatoms. The lowest BCUT2D eigenvalue weighted by atomic mass is 10.1. The Morgan fingerprint density at radius 3 is 2.65 bits per heavy atom. The van der Waals surface area contributed by atoms with Gasteiger partial charge in [-0.1, -0.05) is 13.8 Å². The van der Waals surface area contributed by atoms with Crippen LogP contribution in [0, 0.1) is 5.92 Å². The fraction of sp³-hybridized carbons (Fsp3) is 0.875. The molecule has 0 radical (unpaired) electrons. The Morgan fingerprint density at radius 1 is 1.35 bits per heavy atom. The highest BCUT2D eigenvalue weighted by Crippen LogP contribution is 2.11. The molecule has 1 fully saturated rings. The van der Waals surface area contributed by atoms with E-state index in [1.54, 1.807) is 4.90 Å². The van der Waals surface area contributed by atoms with E-state index in [2.05, 4.69) is 24.2 Å². The lowest BCUT2D eigenvalue weighted by Gasteiger charge is -2.31. The van der Waals surface area contributed by atoms with Crippen LogP contribution in [0.15, 0.2) is 4.99 Å². The predicted octanol–water partition coefficient (Wildman–Crippen LogP) is 1.57. The summed E-state index contributed by atoms with van der Waals surface area (Å²) in [5.41, 5.74) is 5.89. The second-order valence-corrected chi connectivity index (χ2v) is 6.17. The number of nitrogens with zero attached hydrogens (tertiary/aromatic N) is 2. The summed E-state index contributed by atoms with van der Waals surface area (Å²) in [4.78, 5) is 17.6. The van der Waals surface area contributed by atoms with Gasteiger partial charge in [-0.2, -0.15) is 0 Å². The van der Waals surface area contributed by atoms with Crippen LogP contribution in [-0.2, 0) is 9.47 Å². The van der Waals surface area contributed by atoms with Gasteiger partial charge in [0.25, 0.3) is 0 Å². The third-order valence-electron chi connectivity index (χ3n) is 3.73. The zero-order valence-corrected chi connectivity index (χ0v) is 14.7. The number of hydrogen-bond acceptors (Lipinski definition) is 4. The van der Waals surface area contributed by atoms with Crippen LogP contribution < -0.4 is 11.1 Å². The minimum absolute atomic E-state index is 0.230. The number of hydrogen-bond donors (Lipinski definition) is 2. The maximum atomic E-state index is 11.6. The summed E-state index contributed by atoms with van der Waals surface area (Å²) in [5.74, 6) is 1.11. The SMILES string of the molecule is CCOC(=O)N1CCC(NC(N)=NCCOCCC(C)C)CC1. The summed E-state index contributed by atoms with van der Waals surface area (Å²) in [7, 11) is 0. The maximum absolute atomic E-state index is 11.6. The predicted molar refractivity (Wildman–Crippen MR) is 91.5 cm³/mol. The zero-order chi connectivity index (χ0) is 17.1. The number of amides is 1. The van der Waals surface area contributed by atoms with Gasteiger partial charge in [0.1, 0.15) is 0 Å². The highest BCUT2D eigenvalue weighted by atomic mass is 16.6. The van der Waals surface area contributed by atoms with Gasteiger partial charge in [0.2, 0.25) is 0 Å². The van der Waals surface area contributed by atoms with E-state index in [1.165, 1.54) is 0 Å². The summed E-state index contributed by atoms with van der Waals surface area (Å²) in [6, 6.07) is 0.256. The fourth-order valence-electron chi connectivity index (χ4n) is 2.33. The lowest BCUT2D eigenvalue weighted by Crippen LogP contribution is -2.48. The van der Waals surface area contributed by atoms with Crippen molar-refractivity contribution in [2.75, 3.05) is 39.5 Å². The summed E-state index contributed by atoms with van der Waals surface area (Å²) < 4.78 is 10.5. The minimum atomic E-state index is -0.230. The second-order valence-electron chi connectivity index (χ2n) is 6.17. The van der Waals surface area contributed by atoms with E-state index in [0.717, 1.165) is 25.9 Å². The quantitative estimate of drug-likeness (QED) is 0.401. The van der Waals surface area contributed by atoms with Gasteiger partial charge in [-0.05, 0) is 32.1 Å². The van der Waals surface area contributed by atoms with Crippen LogP contribution in [-0.4, -0.2) is 62.4 Å². The number of piperidine rings is 1. The average Bonchev–Trinajstić information content (AvgIpc) is 2.51. The first-order valence-corrected chi connectivity index (χ1v) is 8.58. The molecule has 1 aliphatic heterocycles. The molecular formula is C16H32N4O3. The van der Waals surface area contributed by atoms with E-state index in [1.807, 2.05) is 6.92 Å². The van der Waals surface area contributed by atoms with Crippen molar-refractivity contribution in [3.8, 4) is 0 Å². The van der Waals surface area contributed by atoms with E-state index < -0.39 is 0 Å². The van der Waals surface area contributed by atoms with E-state index in [0.29, 0.717) is 44.7 Å². The van der Waals surface area contributed by atoms with E-state index >= 15 is 0 Å². The number of ether oxygens (including phenoxy) is 2. The first-order chi connectivity index (χ1) is 11.0. The number of likely N-dealkylation sites (tertiary alicyclic amines) is 1. The van der Waals surface area contributed by atoms with Crippen molar-refractivity contribution in [2.45, 2.75) is 46.1 Å². The standard InChI is InChI=1S/C16H32N4O3/c1-4-23-16(21)20-9-5-14(6-10-20)19-15(17)18-8-12-22-11-7-13(2)3/h13-14H,4-12H2,1-3H3,(H3,17,18,19). The third kappa shape index (κ3) is 8.64. The molecule has 0 atom stereocenters. The molecule has 0 spiro atoms. The average molecular weight is 328 g/mol. The van der Waals surface area contributed by atoms with Crippen LogP contribution in [0.1, 0.15) is 40.0 Å². The second kappa shape index (κ2) is 11.1. The lowest BCUT2D eigenvalue weighted by molar-refractivity contribution is 0.0963. The van der Waals surface area contributed by atoms with Gasteiger partial charge in [0.15, 0.2) is 5.96 Å². The van der Waals surface area contributed by atoms with Crippen molar-refractivity contribution in [3.05, 3.63) is 0 Å². The minimum Gasteiger partial charge on any atom is -0.450 e. The Bertz CT molecular complexity index is 366. The van der Waals surface area contributed by atoms with Gasteiger partial charge in [-0.3, -0.25) is 4.99 Å². The Balaban J connectivity index is 2.14. The van der Waals surface area contributed by atoms with Crippen molar-refractivity contribution in [1.29, 1.82) is 0 Å². The largest absolute Gasteiger partial charge is 0.450 e. The topological polar surface area (TPSA) is 89.2 Å². The molecule has 23 heavy (non-hydrogen) atoms. The molecule has 0 bridgehead atoms. The highest BCUT2D eigenvalue weighted by molar-refractivity contribution is 5.78. The van der Waals surface area contributed by atoms with E-state index in [-0.39, 0.29) is 12.1 Å². The molecule has 0 aromatic carbocycles. The molecule has 0 aliphatic carbocycles. The molecule has 134 valence electrons. The molecule has 0 aromatic rings. The monoisotopic (exact) mass is 328 g/mol. The summed E-state index contributed by atoms with van der Waals surface area (Å²) in [6.07, 6.45) is 2.53. The van der Waals surface area contributed by atoms with Crippen molar-refractivity contribution >= 4 is 12.1 Å². The van der Waals surface area contributed by atoms with Gasteiger partial charge in [0, 0.05) is 25.7 Å². The number of nitrogens with one attached hydrogen (secondary N) is 1. The zero-order valence-electron chi connectivity index (χ0n) is 14.7. The molecule has 1 saturated heterocycles. The summed E-state index contributed by atoms with van der Waals surface area (Å²) >= 11 is 0. The smallest absolute Gasteiger partial charge is 0.409 e. The van der Waals surface area contributed by atoms with Crippen molar-refractivity contribution < 1.29 is 14.3 Å². The number of carbonyl (C=O) groups is 1. The Hall–Kier alpha value is -1.50. The van der Waals surface area contributed by atoms with Gasteiger partial charge < -0.3 is 25.4 Å². The molecule has 3 N–H and O–H groups in total. The maximum Gasteiger partial charge on any atom is 0.409 e. The molecule has 0 aromatic heterocycles. The first-order valence-electron chi connectivity index (χ1n) is 8.58. The molecule has 1 heterocycles. The molecule has 7 nitrogen and oxygen atoms in total. The number of nitrogens with two attached hydrogens (primary N) is 1. The number of carbonyl (C=O) groups excluding carboxylic acids is 1. The van der Waals surface area contributed by atoms with Gasteiger partial charge >= 0.3 is 6.09 Å². The molecule has 0 saturated carbocycles. The van der Waals surface area contributed by atoms with Crippen LogP contribution in [0.25, 0.3) is 0 Å². The van der Waals surface area contributed by atoms with Gasteiger partial charge in [0.05, 0.1) is 19.8 Å². The molecular weight excluding hydrogens is 296 g/mol. The van der Waals surface area contributed by atoms with Crippen molar-refractivity contribution in [1.82, 2.24) is 10.2 Å². The van der Waals surface area contributed by atoms with Crippen LogP contribution >= 0.6 is 0 Å². The van der Waals surface area contributed by atoms with Gasteiger partial charge in [-0.15, -0.1) is 0 Å². The van der Waals surface area contributed by atoms with Crippen LogP contribution in [0.3, 0.4) is 0 Å². The van der Waals surface area contributed by atoms with Crippen LogP contribution in [0.4, 0.5) is 4.79 Å². The Kier molecular flexibility index (Phi) is 9.43. The molecule has 0 unspecified atom stereocenters. The summed E-state index contributed by atoms with van der Waals surface area (Å²) in [5, 5.41) is 3.21. The fourth-order valence-corrected chi connectivity index (χ4v) is 2.33.